The van der Waals surface area contributed by atoms with Crippen LogP contribution in [0.1, 0.15) is 31.4 Å². The normalized spacial score (nSPS) is 12.3. The molecule has 0 unspecified atom stereocenters. The molecule has 3 aromatic rings. The number of carbonyl (C=O) groups is 2. The molecule has 40 heavy (non-hydrogen) atoms. The fraction of sp³-hybridized carbons (Fsp3) is 0.250. The van der Waals surface area contributed by atoms with Gasteiger partial charge in [-0.3, -0.25) is 9.59 Å². The van der Waals surface area contributed by atoms with E-state index in [0.29, 0.717) is 27.0 Å². The van der Waals surface area contributed by atoms with Crippen LogP contribution >= 0.6 is 23.2 Å². The van der Waals surface area contributed by atoms with Gasteiger partial charge in [0.15, 0.2) is 6.61 Å². The molecule has 1 atom stereocenters. The summed E-state index contributed by atoms with van der Waals surface area (Å²) >= 11 is 11.8. The number of halogens is 2. The van der Waals surface area contributed by atoms with E-state index in [1.165, 1.54) is 18.3 Å². The highest BCUT2D eigenvalue weighted by molar-refractivity contribution is 7.89. The molecule has 0 bridgehead atoms. The lowest BCUT2D eigenvalue weighted by atomic mass is 10.0. The number of carbonyl (C=O) groups excluding carboxylic acids is 2. The molecule has 3 rings (SSSR count). The fourth-order valence-electron chi connectivity index (χ4n) is 3.47. The van der Waals surface area contributed by atoms with Crippen molar-refractivity contribution < 1.29 is 22.7 Å². The van der Waals surface area contributed by atoms with E-state index in [1.54, 1.807) is 54.6 Å². The second-order valence-electron chi connectivity index (χ2n) is 9.39. The van der Waals surface area contributed by atoms with Crippen molar-refractivity contribution in [1.29, 1.82) is 0 Å². The Morgan fingerprint density at radius 3 is 2.27 bits per heavy atom. The lowest BCUT2D eigenvalue weighted by molar-refractivity contribution is -0.123. The summed E-state index contributed by atoms with van der Waals surface area (Å²) < 4.78 is 33.6. The van der Waals surface area contributed by atoms with Crippen LogP contribution in [0.3, 0.4) is 0 Å². The third-order valence-corrected chi connectivity index (χ3v) is 7.72. The van der Waals surface area contributed by atoms with Crippen molar-refractivity contribution in [2.24, 2.45) is 11.0 Å². The molecule has 0 aromatic heterocycles. The van der Waals surface area contributed by atoms with Crippen molar-refractivity contribution in [2.45, 2.75) is 38.1 Å². The van der Waals surface area contributed by atoms with E-state index in [2.05, 4.69) is 20.6 Å². The van der Waals surface area contributed by atoms with Gasteiger partial charge in [0, 0.05) is 5.69 Å². The molecule has 0 fully saturated rings. The molecular weight excluding hydrogens is 575 g/mol. The lowest BCUT2D eigenvalue weighted by Gasteiger charge is -2.19. The Morgan fingerprint density at radius 2 is 1.65 bits per heavy atom. The molecule has 0 spiro atoms. The highest BCUT2D eigenvalue weighted by Gasteiger charge is 2.26. The molecule has 0 saturated heterocycles. The topological polar surface area (TPSA) is 126 Å². The lowest BCUT2D eigenvalue weighted by Crippen LogP contribution is -2.46. The van der Waals surface area contributed by atoms with Gasteiger partial charge in [0.2, 0.25) is 10.0 Å². The molecule has 212 valence electrons. The number of hydrogen-bond acceptors (Lipinski definition) is 6. The van der Waals surface area contributed by atoms with Gasteiger partial charge in [-0.05, 0) is 79.4 Å². The van der Waals surface area contributed by atoms with Crippen molar-refractivity contribution in [3.05, 3.63) is 87.9 Å². The number of benzene rings is 3. The monoisotopic (exact) mass is 604 g/mol. The largest absolute Gasteiger partial charge is 0.484 e. The van der Waals surface area contributed by atoms with Gasteiger partial charge in [0.05, 0.1) is 21.2 Å². The summed E-state index contributed by atoms with van der Waals surface area (Å²) in [4.78, 5) is 25.0. The first kappa shape index (κ1) is 31.1. The van der Waals surface area contributed by atoms with Crippen LogP contribution in [0.25, 0.3) is 0 Å². The standard InChI is InChI=1S/C28H30Cl2N4O5S/c1-18(2)14-26(34-40(37,38)23-11-4-19(3)5-12-23)28(36)33-31-16-20-6-9-22(10-7-20)39-17-27(35)32-21-8-13-24(29)25(30)15-21/h4-13,15-16,18,26,34H,14,17H2,1-3H3,(H,32,35)(H,33,36)/b31-16-/t26-/m0/s1. The second-order valence-corrected chi connectivity index (χ2v) is 11.9. The number of sulfonamides is 1. The van der Waals surface area contributed by atoms with Gasteiger partial charge in [0.1, 0.15) is 11.8 Å². The van der Waals surface area contributed by atoms with Gasteiger partial charge < -0.3 is 10.1 Å². The van der Waals surface area contributed by atoms with Crippen LogP contribution in [0.5, 0.6) is 5.75 Å². The van der Waals surface area contributed by atoms with Crippen LogP contribution in [-0.4, -0.2) is 39.1 Å². The highest BCUT2D eigenvalue weighted by atomic mass is 35.5. The first-order valence-electron chi connectivity index (χ1n) is 12.3. The summed E-state index contributed by atoms with van der Waals surface area (Å²) in [6, 6.07) is 16.8. The quantitative estimate of drug-likeness (QED) is 0.194. The smallest absolute Gasteiger partial charge is 0.262 e. The Kier molecular flexibility index (Phi) is 11.1. The van der Waals surface area contributed by atoms with Gasteiger partial charge in [-0.1, -0.05) is 54.7 Å². The summed E-state index contributed by atoms with van der Waals surface area (Å²) in [5, 5.41) is 7.34. The summed E-state index contributed by atoms with van der Waals surface area (Å²) in [7, 11) is -3.90. The van der Waals surface area contributed by atoms with E-state index in [9.17, 15) is 18.0 Å². The van der Waals surface area contributed by atoms with Gasteiger partial charge in [-0.25, -0.2) is 13.8 Å². The number of aryl methyl sites for hydroxylation is 1. The number of anilines is 1. The molecule has 0 aliphatic heterocycles. The Hall–Kier alpha value is -3.44. The number of ether oxygens (including phenoxy) is 1. The minimum Gasteiger partial charge on any atom is -0.484 e. The molecule has 0 aliphatic carbocycles. The summed E-state index contributed by atoms with van der Waals surface area (Å²) in [6.07, 6.45) is 1.71. The maximum atomic E-state index is 12.8. The number of hydrogen-bond donors (Lipinski definition) is 3. The van der Waals surface area contributed by atoms with Crippen LogP contribution in [0.15, 0.2) is 76.7 Å². The van der Waals surface area contributed by atoms with Gasteiger partial charge in [-0.15, -0.1) is 0 Å². The van der Waals surface area contributed by atoms with Gasteiger partial charge >= 0.3 is 0 Å². The van der Waals surface area contributed by atoms with Crippen LogP contribution < -0.4 is 20.2 Å². The Labute approximate surface area is 244 Å². The third-order valence-electron chi connectivity index (χ3n) is 5.49. The van der Waals surface area contributed by atoms with E-state index in [0.717, 1.165) is 5.56 Å². The molecule has 0 saturated carbocycles. The number of nitrogens with one attached hydrogen (secondary N) is 3. The van der Waals surface area contributed by atoms with E-state index in [-0.39, 0.29) is 29.7 Å². The van der Waals surface area contributed by atoms with Crippen LogP contribution in [0.2, 0.25) is 10.0 Å². The fourth-order valence-corrected chi connectivity index (χ4v) is 4.98. The molecule has 0 aliphatic rings. The maximum absolute atomic E-state index is 12.8. The third kappa shape index (κ3) is 9.63. The Bertz CT molecular complexity index is 1460. The molecule has 0 radical (unpaired) electrons. The summed E-state index contributed by atoms with van der Waals surface area (Å²) in [6.45, 7) is 5.42. The van der Waals surface area contributed by atoms with Crippen molar-refractivity contribution >= 4 is 56.9 Å². The maximum Gasteiger partial charge on any atom is 0.262 e. The summed E-state index contributed by atoms with van der Waals surface area (Å²) in [5.41, 5.74) is 4.47. The van der Waals surface area contributed by atoms with Crippen LogP contribution in [0.4, 0.5) is 5.69 Å². The number of nitrogens with zero attached hydrogens (tertiary/aromatic N) is 1. The van der Waals surface area contributed by atoms with Crippen molar-refractivity contribution in [2.75, 3.05) is 11.9 Å². The zero-order valence-electron chi connectivity index (χ0n) is 22.1. The predicted molar refractivity (Wildman–Crippen MR) is 158 cm³/mol. The zero-order valence-corrected chi connectivity index (χ0v) is 24.5. The molecular formula is C28H30Cl2N4O5S. The average Bonchev–Trinajstić information content (AvgIpc) is 2.90. The van der Waals surface area contributed by atoms with E-state index in [1.807, 2.05) is 20.8 Å². The van der Waals surface area contributed by atoms with Gasteiger partial charge in [-0.2, -0.15) is 9.82 Å². The average molecular weight is 606 g/mol. The minimum atomic E-state index is -3.90. The highest BCUT2D eigenvalue weighted by Crippen LogP contribution is 2.25. The SMILES string of the molecule is Cc1ccc(S(=O)(=O)N[C@@H](CC(C)C)C(=O)N/N=C\c2ccc(OCC(=O)Nc3ccc(Cl)c(Cl)c3)cc2)cc1. The van der Waals surface area contributed by atoms with Crippen molar-refractivity contribution in [1.82, 2.24) is 10.1 Å². The zero-order chi connectivity index (χ0) is 29.3. The van der Waals surface area contributed by atoms with Crippen LogP contribution in [-0.2, 0) is 19.6 Å². The first-order chi connectivity index (χ1) is 18.9. The number of hydrazone groups is 1. The minimum absolute atomic E-state index is 0.0547. The van der Waals surface area contributed by atoms with E-state index < -0.39 is 22.0 Å². The van der Waals surface area contributed by atoms with Crippen LogP contribution in [0, 0.1) is 12.8 Å². The first-order valence-corrected chi connectivity index (χ1v) is 14.6. The molecule has 12 heteroatoms. The van der Waals surface area contributed by atoms with Crippen molar-refractivity contribution in [3.63, 3.8) is 0 Å². The molecule has 2 amide bonds. The Morgan fingerprint density at radius 1 is 0.975 bits per heavy atom. The van der Waals surface area contributed by atoms with Crippen molar-refractivity contribution in [3.8, 4) is 5.75 Å². The van der Waals surface area contributed by atoms with E-state index in [4.69, 9.17) is 27.9 Å². The molecule has 3 aromatic carbocycles. The number of amides is 2. The molecule has 0 heterocycles. The predicted octanol–water partition coefficient (Wildman–Crippen LogP) is 5.16. The van der Waals surface area contributed by atoms with Gasteiger partial charge in [0.25, 0.3) is 11.8 Å². The second kappa shape index (κ2) is 14.3. The van der Waals surface area contributed by atoms with E-state index >= 15 is 0 Å². The Balaban J connectivity index is 1.53. The number of rotatable bonds is 12. The summed E-state index contributed by atoms with van der Waals surface area (Å²) in [5.74, 6) is -0.443. The molecule has 9 nitrogen and oxygen atoms in total. The molecule has 3 N–H and O–H groups in total.